The van der Waals surface area contributed by atoms with Gasteiger partial charge < -0.3 is 14.4 Å². The molecule has 1 fully saturated rings. The second-order valence-electron chi connectivity index (χ2n) is 5.95. The summed E-state index contributed by atoms with van der Waals surface area (Å²) in [5.41, 5.74) is 0.736. The van der Waals surface area contributed by atoms with Crippen LogP contribution in [-0.2, 0) is 14.3 Å². The zero-order chi connectivity index (χ0) is 19.2. The first-order chi connectivity index (χ1) is 13.1. The molecule has 1 aliphatic heterocycles. The number of hydrogen-bond acceptors (Lipinski definition) is 5. The smallest absolute Gasteiger partial charge is 0.339 e. The summed E-state index contributed by atoms with van der Waals surface area (Å²) < 4.78 is 10.3. The molecule has 0 atom stereocenters. The third-order valence-corrected chi connectivity index (χ3v) is 4.44. The second kappa shape index (κ2) is 8.79. The predicted molar refractivity (Wildman–Crippen MR) is 99.0 cm³/mol. The number of halogens is 1. The highest BCUT2D eigenvalue weighted by Gasteiger charge is 2.22. The van der Waals surface area contributed by atoms with Crippen molar-refractivity contribution in [3.8, 4) is 0 Å². The van der Waals surface area contributed by atoms with E-state index in [1.807, 2.05) is 0 Å². The van der Waals surface area contributed by atoms with Crippen molar-refractivity contribution in [3.63, 3.8) is 0 Å². The van der Waals surface area contributed by atoms with E-state index in [0.29, 0.717) is 36.9 Å². The first-order valence-corrected chi connectivity index (χ1v) is 8.86. The van der Waals surface area contributed by atoms with E-state index < -0.39 is 5.97 Å². The molecule has 0 bridgehead atoms. The molecular weight excluding hydrogens is 370 g/mol. The van der Waals surface area contributed by atoms with Gasteiger partial charge in [0.15, 0.2) is 12.4 Å². The highest BCUT2D eigenvalue weighted by atomic mass is 35.5. The highest BCUT2D eigenvalue weighted by molar-refractivity contribution is 6.30. The van der Waals surface area contributed by atoms with Crippen molar-refractivity contribution in [3.05, 3.63) is 70.2 Å². The van der Waals surface area contributed by atoms with E-state index in [2.05, 4.69) is 0 Å². The molecule has 0 spiro atoms. The Labute approximate surface area is 161 Å². The molecule has 2 aromatic rings. The topological polar surface area (TPSA) is 72.9 Å². The summed E-state index contributed by atoms with van der Waals surface area (Å²) in [6.07, 6.45) is 0. The van der Waals surface area contributed by atoms with Crippen LogP contribution in [0.25, 0.3) is 0 Å². The molecule has 0 unspecified atom stereocenters. The van der Waals surface area contributed by atoms with Gasteiger partial charge in [-0.2, -0.15) is 0 Å². The maximum Gasteiger partial charge on any atom is 0.339 e. The number of hydrogen-bond donors (Lipinski definition) is 0. The van der Waals surface area contributed by atoms with Crippen LogP contribution >= 0.6 is 11.6 Å². The Morgan fingerprint density at radius 3 is 2.26 bits per heavy atom. The molecule has 7 heteroatoms. The summed E-state index contributed by atoms with van der Waals surface area (Å²) >= 11 is 5.85. The van der Waals surface area contributed by atoms with E-state index in [1.165, 1.54) is 6.07 Å². The fourth-order valence-corrected chi connectivity index (χ4v) is 2.85. The van der Waals surface area contributed by atoms with Gasteiger partial charge in [-0.05, 0) is 30.3 Å². The molecule has 2 aromatic carbocycles. The average molecular weight is 388 g/mol. The lowest BCUT2D eigenvalue weighted by Gasteiger charge is -2.26. The number of ether oxygens (including phenoxy) is 2. The molecule has 0 saturated carbocycles. The molecule has 1 heterocycles. The Kier molecular flexibility index (Phi) is 6.21. The van der Waals surface area contributed by atoms with Gasteiger partial charge in [0.05, 0.1) is 18.8 Å². The lowest BCUT2D eigenvalue weighted by atomic mass is 9.98. The first-order valence-electron chi connectivity index (χ1n) is 8.48. The molecule has 140 valence electrons. The maximum absolute atomic E-state index is 12.7. The van der Waals surface area contributed by atoms with Gasteiger partial charge >= 0.3 is 5.97 Å². The van der Waals surface area contributed by atoms with Crippen LogP contribution in [0.1, 0.15) is 26.3 Å². The van der Waals surface area contributed by atoms with Crippen LogP contribution in [0.2, 0.25) is 5.02 Å². The molecule has 1 aliphatic rings. The van der Waals surface area contributed by atoms with Crippen LogP contribution in [0.15, 0.2) is 48.5 Å². The minimum Gasteiger partial charge on any atom is -0.452 e. The van der Waals surface area contributed by atoms with Crippen molar-refractivity contribution in [1.29, 1.82) is 0 Å². The van der Waals surface area contributed by atoms with Gasteiger partial charge in [0.2, 0.25) is 0 Å². The van der Waals surface area contributed by atoms with Crippen LogP contribution in [0.5, 0.6) is 0 Å². The van der Waals surface area contributed by atoms with Crippen LogP contribution < -0.4 is 0 Å². The van der Waals surface area contributed by atoms with Crippen LogP contribution in [0.3, 0.4) is 0 Å². The van der Waals surface area contributed by atoms with Crippen molar-refractivity contribution >= 4 is 29.3 Å². The average Bonchev–Trinajstić information content (AvgIpc) is 2.72. The molecule has 3 rings (SSSR count). The number of amides is 1. The largest absolute Gasteiger partial charge is 0.452 e. The van der Waals surface area contributed by atoms with E-state index >= 15 is 0 Å². The number of carbonyl (C=O) groups is 3. The predicted octanol–water partition coefficient (Wildman–Crippen LogP) is 2.59. The summed E-state index contributed by atoms with van der Waals surface area (Å²) in [7, 11) is 0. The SMILES string of the molecule is O=C(OCC(=O)N1CCOCC1)c1ccccc1C(=O)c1ccc(Cl)cc1. The standard InChI is InChI=1S/C20H18ClNO5/c21-15-7-5-14(6-8-15)19(24)16-3-1-2-4-17(16)20(25)27-13-18(23)22-9-11-26-12-10-22/h1-8H,9-13H2. The Morgan fingerprint density at radius 1 is 0.963 bits per heavy atom. The van der Waals surface area contributed by atoms with E-state index in [4.69, 9.17) is 21.1 Å². The summed E-state index contributed by atoms with van der Waals surface area (Å²) in [4.78, 5) is 38.9. The summed E-state index contributed by atoms with van der Waals surface area (Å²) in [5.74, 6) is -1.32. The fourth-order valence-electron chi connectivity index (χ4n) is 2.72. The van der Waals surface area contributed by atoms with Crippen molar-refractivity contribution < 1.29 is 23.9 Å². The van der Waals surface area contributed by atoms with Crippen LogP contribution in [0.4, 0.5) is 0 Å². The monoisotopic (exact) mass is 387 g/mol. The molecular formula is C20H18ClNO5. The van der Waals surface area contributed by atoms with Gasteiger partial charge in [-0.3, -0.25) is 9.59 Å². The lowest BCUT2D eigenvalue weighted by Crippen LogP contribution is -2.42. The van der Waals surface area contributed by atoms with Gasteiger partial charge in [0, 0.05) is 29.2 Å². The zero-order valence-electron chi connectivity index (χ0n) is 14.5. The highest BCUT2D eigenvalue weighted by Crippen LogP contribution is 2.18. The minimum atomic E-state index is -0.713. The zero-order valence-corrected chi connectivity index (χ0v) is 15.3. The Balaban J connectivity index is 1.71. The van der Waals surface area contributed by atoms with E-state index in [-0.39, 0.29) is 29.4 Å². The third kappa shape index (κ3) is 4.72. The number of esters is 1. The van der Waals surface area contributed by atoms with Crippen molar-refractivity contribution in [2.75, 3.05) is 32.9 Å². The third-order valence-electron chi connectivity index (χ3n) is 4.19. The van der Waals surface area contributed by atoms with Crippen LogP contribution in [0, 0.1) is 0 Å². The number of nitrogens with zero attached hydrogens (tertiary/aromatic N) is 1. The summed E-state index contributed by atoms with van der Waals surface area (Å²) in [6, 6.07) is 12.8. The maximum atomic E-state index is 12.7. The van der Waals surface area contributed by atoms with Gasteiger partial charge in [0.1, 0.15) is 0 Å². The normalized spacial score (nSPS) is 13.9. The number of benzene rings is 2. The van der Waals surface area contributed by atoms with E-state index in [0.717, 1.165) is 0 Å². The Bertz CT molecular complexity index is 844. The number of ketones is 1. The van der Waals surface area contributed by atoms with Crippen molar-refractivity contribution in [2.24, 2.45) is 0 Å². The number of carbonyl (C=O) groups excluding carboxylic acids is 3. The molecule has 0 aliphatic carbocycles. The number of morpholine rings is 1. The van der Waals surface area contributed by atoms with Gasteiger partial charge in [0.25, 0.3) is 5.91 Å². The molecule has 0 radical (unpaired) electrons. The Hall–Kier alpha value is -2.70. The fraction of sp³-hybridized carbons (Fsp3) is 0.250. The van der Waals surface area contributed by atoms with E-state index in [1.54, 1.807) is 47.4 Å². The number of rotatable bonds is 5. The van der Waals surface area contributed by atoms with Gasteiger partial charge in [-0.15, -0.1) is 0 Å². The molecule has 0 N–H and O–H groups in total. The molecule has 1 amide bonds. The first kappa shape index (κ1) is 19.1. The molecule has 0 aromatic heterocycles. The summed E-state index contributed by atoms with van der Waals surface area (Å²) in [6.45, 7) is 1.52. The van der Waals surface area contributed by atoms with E-state index in [9.17, 15) is 14.4 Å². The quantitative estimate of drug-likeness (QED) is 0.582. The van der Waals surface area contributed by atoms with Crippen LogP contribution in [-0.4, -0.2) is 55.5 Å². The van der Waals surface area contributed by atoms with Gasteiger partial charge in [-0.25, -0.2) is 4.79 Å². The molecule has 1 saturated heterocycles. The van der Waals surface area contributed by atoms with Crippen molar-refractivity contribution in [1.82, 2.24) is 4.90 Å². The van der Waals surface area contributed by atoms with Crippen molar-refractivity contribution in [2.45, 2.75) is 0 Å². The van der Waals surface area contributed by atoms with Gasteiger partial charge in [-0.1, -0.05) is 29.8 Å². The Morgan fingerprint density at radius 2 is 1.59 bits per heavy atom. The molecule has 6 nitrogen and oxygen atoms in total. The lowest BCUT2D eigenvalue weighted by molar-refractivity contribution is -0.138. The second-order valence-corrected chi connectivity index (χ2v) is 6.39. The minimum absolute atomic E-state index is 0.118. The molecule has 27 heavy (non-hydrogen) atoms. The summed E-state index contributed by atoms with van der Waals surface area (Å²) in [5, 5.41) is 0.515.